The first-order valence-electron chi connectivity index (χ1n) is 6.44. The Hall–Kier alpha value is -2.30. The molecule has 5 nitrogen and oxygen atoms in total. The van der Waals surface area contributed by atoms with E-state index in [-0.39, 0.29) is 6.42 Å². The molecule has 0 fully saturated rings. The third-order valence-electron chi connectivity index (χ3n) is 3.30. The lowest BCUT2D eigenvalue weighted by atomic mass is 10.1. The molecule has 20 heavy (non-hydrogen) atoms. The highest BCUT2D eigenvalue weighted by atomic mass is 16.5. The molecule has 2 rings (SSSR count). The standard InChI is InChI=1S/C15H18N2O3/c1-17-12(5-8-15(18)19)10-16-14(17)9-11-3-6-13(20-2)7-4-11/h3-4,6-7,10H,5,8-9H2,1-2H3,(H,18,19). The van der Waals surface area contributed by atoms with Crippen LogP contribution in [0.25, 0.3) is 0 Å². The van der Waals surface area contributed by atoms with Gasteiger partial charge in [-0.25, -0.2) is 4.98 Å². The summed E-state index contributed by atoms with van der Waals surface area (Å²) in [6, 6.07) is 7.85. The molecule has 5 heteroatoms. The topological polar surface area (TPSA) is 64.3 Å². The molecule has 0 aliphatic rings. The summed E-state index contributed by atoms with van der Waals surface area (Å²) < 4.78 is 7.09. The smallest absolute Gasteiger partial charge is 0.303 e. The molecule has 0 radical (unpaired) electrons. The number of ether oxygens (including phenoxy) is 1. The molecule has 0 saturated heterocycles. The zero-order valence-electron chi connectivity index (χ0n) is 11.7. The van der Waals surface area contributed by atoms with Crippen LogP contribution in [0.1, 0.15) is 23.5 Å². The number of carbonyl (C=O) groups is 1. The molecule has 0 spiro atoms. The van der Waals surface area contributed by atoms with E-state index in [4.69, 9.17) is 9.84 Å². The molecule has 0 aliphatic heterocycles. The van der Waals surface area contributed by atoms with E-state index >= 15 is 0 Å². The van der Waals surface area contributed by atoms with Crippen molar-refractivity contribution in [1.29, 1.82) is 0 Å². The Labute approximate surface area is 117 Å². The van der Waals surface area contributed by atoms with E-state index in [9.17, 15) is 4.79 Å². The van der Waals surface area contributed by atoms with Gasteiger partial charge in [-0.2, -0.15) is 0 Å². The molecule has 0 unspecified atom stereocenters. The highest BCUT2D eigenvalue weighted by Crippen LogP contribution is 2.15. The first kappa shape index (κ1) is 14.1. The summed E-state index contributed by atoms with van der Waals surface area (Å²) in [5.41, 5.74) is 2.08. The number of aliphatic carboxylic acids is 1. The van der Waals surface area contributed by atoms with Gasteiger partial charge >= 0.3 is 5.97 Å². The fraction of sp³-hybridized carbons (Fsp3) is 0.333. The van der Waals surface area contributed by atoms with E-state index in [2.05, 4.69) is 4.98 Å². The maximum Gasteiger partial charge on any atom is 0.303 e. The molecule has 2 aromatic rings. The maximum absolute atomic E-state index is 10.6. The fourth-order valence-corrected chi connectivity index (χ4v) is 2.05. The van der Waals surface area contributed by atoms with Gasteiger partial charge < -0.3 is 14.4 Å². The number of nitrogens with zero attached hydrogens (tertiary/aromatic N) is 2. The lowest BCUT2D eigenvalue weighted by Crippen LogP contribution is -2.05. The first-order chi connectivity index (χ1) is 9.60. The number of benzene rings is 1. The van der Waals surface area contributed by atoms with Crippen molar-refractivity contribution >= 4 is 5.97 Å². The van der Waals surface area contributed by atoms with Gasteiger partial charge in [0.2, 0.25) is 0 Å². The number of hydrogen-bond acceptors (Lipinski definition) is 3. The maximum atomic E-state index is 10.6. The summed E-state index contributed by atoms with van der Waals surface area (Å²) in [4.78, 5) is 15.0. The van der Waals surface area contributed by atoms with E-state index in [1.165, 1.54) is 0 Å². The Kier molecular flexibility index (Phi) is 4.40. The molecule has 106 valence electrons. The molecule has 1 aromatic heterocycles. The zero-order chi connectivity index (χ0) is 14.5. The van der Waals surface area contributed by atoms with Crippen molar-refractivity contribution in [2.75, 3.05) is 7.11 Å². The van der Waals surface area contributed by atoms with Crippen molar-refractivity contribution in [3.05, 3.63) is 47.5 Å². The second kappa shape index (κ2) is 6.23. The number of aryl methyl sites for hydroxylation is 1. The SMILES string of the molecule is COc1ccc(Cc2ncc(CCC(=O)O)n2C)cc1. The van der Waals surface area contributed by atoms with Crippen LogP contribution in [0.4, 0.5) is 0 Å². The van der Waals surface area contributed by atoms with E-state index in [1.807, 2.05) is 35.9 Å². The summed E-state index contributed by atoms with van der Waals surface area (Å²) in [6.45, 7) is 0. The van der Waals surface area contributed by atoms with Crippen LogP contribution in [-0.4, -0.2) is 27.7 Å². The highest BCUT2D eigenvalue weighted by molar-refractivity contribution is 5.66. The molecule has 0 saturated carbocycles. The number of imidazole rings is 1. The predicted octanol–water partition coefficient (Wildman–Crippen LogP) is 2.04. The van der Waals surface area contributed by atoms with Gasteiger partial charge in [-0.05, 0) is 24.1 Å². The van der Waals surface area contributed by atoms with Gasteiger partial charge in [0.1, 0.15) is 11.6 Å². The molecule has 0 atom stereocenters. The molecule has 0 amide bonds. The highest BCUT2D eigenvalue weighted by Gasteiger charge is 2.09. The van der Waals surface area contributed by atoms with Crippen LogP contribution in [-0.2, 0) is 24.7 Å². The van der Waals surface area contributed by atoms with Gasteiger partial charge in [0.15, 0.2) is 0 Å². The molecular formula is C15H18N2O3. The minimum absolute atomic E-state index is 0.126. The van der Waals surface area contributed by atoms with Crippen LogP contribution in [0, 0.1) is 0 Å². The number of rotatable bonds is 6. The number of carboxylic acids is 1. The minimum atomic E-state index is -0.789. The summed E-state index contributed by atoms with van der Waals surface area (Å²) >= 11 is 0. The van der Waals surface area contributed by atoms with Crippen molar-refractivity contribution in [1.82, 2.24) is 9.55 Å². The Balaban J connectivity index is 2.07. The van der Waals surface area contributed by atoms with Crippen LogP contribution in [0.15, 0.2) is 30.5 Å². The summed E-state index contributed by atoms with van der Waals surface area (Å²) in [5, 5.41) is 8.72. The Morgan fingerprint density at radius 1 is 1.35 bits per heavy atom. The van der Waals surface area contributed by atoms with Crippen molar-refractivity contribution in [2.45, 2.75) is 19.3 Å². The van der Waals surface area contributed by atoms with E-state index in [1.54, 1.807) is 13.3 Å². The van der Waals surface area contributed by atoms with Gasteiger partial charge in [0, 0.05) is 25.4 Å². The fourth-order valence-electron chi connectivity index (χ4n) is 2.05. The zero-order valence-corrected chi connectivity index (χ0v) is 11.7. The summed E-state index contributed by atoms with van der Waals surface area (Å²) in [7, 11) is 3.56. The monoisotopic (exact) mass is 274 g/mol. The average Bonchev–Trinajstić information content (AvgIpc) is 2.78. The largest absolute Gasteiger partial charge is 0.497 e. The predicted molar refractivity (Wildman–Crippen MR) is 75.0 cm³/mol. The van der Waals surface area contributed by atoms with Gasteiger partial charge in [-0.3, -0.25) is 4.79 Å². The Bertz CT molecular complexity index is 588. The molecular weight excluding hydrogens is 256 g/mol. The lowest BCUT2D eigenvalue weighted by molar-refractivity contribution is -0.136. The van der Waals surface area contributed by atoms with Crippen LogP contribution in [0.3, 0.4) is 0 Å². The average molecular weight is 274 g/mol. The third-order valence-corrected chi connectivity index (χ3v) is 3.30. The number of carboxylic acid groups (broad SMARTS) is 1. The van der Waals surface area contributed by atoms with Crippen molar-refractivity contribution < 1.29 is 14.6 Å². The van der Waals surface area contributed by atoms with Crippen molar-refractivity contribution in [3.8, 4) is 5.75 Å². The quantitative estimate of drug-likeness (QED) is 0.875. The van der Waals surface area contributed by atoms with Gasteiger partial charge in [0.05, 0.1) is 13.5 Å². The van der Waals surface area contributed by atoms with E-state index in [0.29, 0.717) is 12.8 Å². The van der Waals surface area contributed by atoms with Crippen molar-refractivity contribution in [2.24, 2.45) is 7.05 Å². The molecule has 1 N–H and O–H groups in total. The van der Waals surface area contributed by atoms with Crippen LogP contribution >= 0.6 is 0 Å². The van der Waals surface area contributed by atoms with Crippen LogP contribution in [0.2, 0.25) is 0 Å². The Morgan fingerprint density at radius 2 is 2.05 bits per heavy atom. The number of aromatic nitrogens is 2. The van der Waals surface area contributed by atoms with Gasteiger partial charge in [0.25, 0.3) is 0 Å². The molecule has 0 aliphatic carbocycles. The molecule has 1 aromatic carbocycles. The second-order valence-corrected chi connectivity index (χ2v) is 4.64. The van der Waals surface area contributed by atoms with Crippen LogP contribution in [0.5, 0.6) is 5.75 Å². The van der Waals surface area contributed by atoms with Gasteiger partial charge in [-0.15, -0.1) is 0 Å². The van der Waals surface area contributed by atoms with Crippen LogP contribution < -0.4 is 4.74 Å². The Morgan fingerprint density at radius 3 is 2.65 bits per heavy atom. The van der Waals surface area contributed by atoms with Gasteiger partial charge in [-0.1, -0.05) is 12.1 Å². The second-order valence-electron chi connectivity index (χ2n) is 4.64. The molecule has 0 bridgehead atoms. The van der Waals surface area contributed by atoms with E-state index in [0.717, 1.165) is 22.8 Å². The number of methoxy groups -OCH3 is 1. The number of hydrogen-bond donors (Lipinski definition) is 1. The van der Waals surface area contributed by atoms with E-state index < -0.39 is 5.97 Å². The summed E-state index contributed by atoms with van der Waals surface area (Å²) in [6.07, 6.45) is 3.10. The molecule has 1 heterocycles. The third kappa shape index (κ3) is 3.38. The summed E-state index contributed by atoms with van der Waals surface area (Å²) in [5.74, 6) is 0.967. The van der Waals surface area contributed by atoms with Crippen molar-refractivity contribution in [3.63, 3.8) is 0 Å². The minimum Gasteiger partial charge on any atom is -0.497 e. The first-order valence-corrected chi connectivity index (χ1v) is 6.44. The normalized spacial score (nSPS) is 10.5. The lowest BCUT2D eigenvalue weighted by Gasteiger charge is -2.06.